The summed E-state index contributed by atoms with van der Waals surface area (Å²) in [6.45, 7) is 5.05. The van der Waals surface area contributed by atoms with Gasteiger partial charge in [0.1, 0.15) is 5.75 Å². The minimum absolute atomic E-state index is 0.865. The van der Waals surface area contributed by atoms with E-state index in [1.807, 2.05) is 0 Å². The van der Waals surface area contributed by atoms with Crippen LogP contribution in [0.1, 0.15) is 16.8 Å². The summed E-state index contributed by atoms with van der Waals surface area (Å²) in [6, 6.07) is 19.3. The van der Waals surface area contributed by atoms with E-state index in [4.69, 9.17) is 9.84 Å². The van der Waals surface area contributed by atoms with Crippen molar-refractivity contribution in [3.63, 3.8) is 0 Å². The van der Waals surface area contributed by atoms with Crippen LogP contribution in [0.4, 0.5) is 0 Å². The zero-order valence-electron chi connectivity index (χ0n) is 14.9. The van der Waals surface area contributed by atoms with Crippen LogP contribution in [0.2, 0.25) is 0 Å². The summed E-state index contributed by atoms with van der Waals surface area (Å²) in [4.78, 5) is 0. The predicted molar refractivity (Wildman–Crippen MR) is 103 cm³/mol. The lowest BCUT2D eigenvalue weighted by molar-refractivity contribution is 0.420. The van der Waals surface area contributed by atoms with E-state index >= 15 is 0 Å². The maximum atomic E-state index is 5.60. The van der Waals surface area contributed by atoms with Gasteiger partial charge in [0.05, 0.1) is 18.3 Å². The summed E-state index contributed by atoms with van der Waals surface area (Å²) in [6.07, 6.45) is 0.969. The molecule has 0 radical (unpaired) electrons. The largest absolute Gasteiger partial charge is 0.496 e. The normalized spacial score (nSPS) is 11.3. The topological polar surface area (TPSA) is 27.1 Å². The van der Waals surface area contributed by atoms with Gasteiger partial charge in [0.2, 0.25) is 0 Å². The van der Waals surface area contributed by atoms with E-state index in [0.29, 0.717) is 0 Å². The van der Waals surface area contributed by atoms with Gasteiger partial charge in [-0.15, -0.1) is 0 Å². The Balaban J connectivity index is 1.81. The van der Waals surface area contributed by atoms with Crippen molar-refractivity contribution in [2.45, 2.75) is 26.8 Å². The molecule has 0 spiro atoms. The first-order valence-electron chi connectivity index (χ1n) is 8.66. The van der Waals surface area contributed by atoms with Crippen molar-refractivity contribution in [1.29, 1.82) is 0 Å². The van der Waals surface area contributed by atoms with Crippen LogP contribution in [-0.2, 0) is 13.0 Å². The van der Waals surface area contributed by atoms with E-state index in [1.54, 1.807) is 7.11 Å². The highest BCUT2D eigenvalue weighted by Crippen LogP contribution is 2.34. The van der Waals surface area contributed by atoms with Crippen molar-refractivity contribution in [3.05, 3.63) is 71.4 Å². The van der Waals surface area contributed by atoms with Crippen LogP contribution in [0.3, 0.4) is 0 Å². The molecular weight excluding hydrogens is 308 g/mol. The van der Waals surface area contributed by atoms with Crippen LogP contribution < -0.4 is 4.74 Å². The fourth-order valence-electron chi connectivity index (χ4n) is 3.49. The fourth-order valence-corrected chi connectivity index (χ4v) is 3.49. The molecule has 1 heterocycles. The molecule has 0 aliphatic carbocycles. The Labute approximate surface area is 147 Å². The Kier molecular flexibility index (Phi) is 3.92. The number of fused-ring (bicyclic) bond motifs is 3. The molecule has 0 fully saturated rings. The first-order valence-corrected chi connectivity index (χ1v) is 8.66. The van der Waals surface area contributed by atoms with Crippen molar-refractivity contribution < 1.29 is 4.74 Å². The molecule has 4 rings (SSSR count). The predicted octanol–water partition coefficient (Wildman–Crippen LogP) is 5.06. The molecule has 0 unspecified atom stereocenters. The third-order valence-electron chi connectivity index (χ3n) is 4.85. The zero-order chi connectivity index (χ0) is 17.4. The molecule has 0 atom stereocenters. The van der Waals surface area contributed by atoms with Crippen LogP contribution in [0, 0.1) is 13.8 Å². The third kappa shape index (κ3) is 2.76. The Bertz CT molecular complexity index is 1050. The average Bonchev–Trinajstić information content (AvgIpc) is 2.96. The zero-order valence-corrected chi connectivity index (χ0v) is 14.9. The molecular formula is C22H22N2O. The lowest BCUT2D eigenvalue weighted by Gasteiger charge is -2.10. The van der Waals surface area contributed by atoms with E-state index in [-0.39, 0.29) is 0 Å². The van der Waals surface area contributed by atoms with E-state index in [2.05, 4.69) is 73.1 Å². The fraction of sp³-hybridized carbons (Fsp3) is 0.227. The van der Waals surface area contributed by atoms with Gasteiger partial charge in [0.15, 0.2) is 0 Å². The van der Waals surface area contributed by atoms with Crippen molar-refractivity contribution in [2.75, 3.05) is 7.11 Å². The van der Waals surface area contributed by atoms with Crippen LogP contribution in [0.15, 0.2) is 54.6 Å². The summed E-state index contributed by atoms with van der Waals surface area (Å²) in [7, 11) is 1.73. The molecule has 3 heteroatoms. The molecule has 0 aliphatic heterocycles. The lowest BCUT2D eigenvalue weighted by Crippen LogP contribution is -2.04. The molecule has 4 aromatic rings. The Morgan fingerprint density at radius 1 is 0.920 bits per heavy atom. The van der Waals surface area contributed by atoms with E-state index in [1.165, 1.54) is 27.4 Å². The summed E-state index contributed by atoms with van der Waals surface area (Å²) in [5.74, 6) is 0.907. The second-order valence-electron chi connectivity index (χ2n) is 6.56. The SMILES string of the molecule is COc1cc2c(C)nn(CCc3ccc(C)cc3)c2c2ccccc12. The van der Waals surface area contributed by atoms with Gasteiger partial charge in [-0.05, 0) is 31.9 Å². The van der Waals surface area contributed by atoms with Gasteiger partial charge in [0, 0.05) is 22.7 Å². The highest BCUT2D eigenvalue weighted by atomic mass is 16.5. The van der Waals surface area contributed by atoms with Gasteiger partial charge in [0.25, 0.3) is 0 Å². The van der Waals surface area contributed by atoms with Gasteiger partial charge in [-0.1, -0.05) is 54.1 Å². The van der Waals surface area contributed by atoms with E-state index in [9.17, 15) is 0 Å². The third-order valence-corrected chi connectivity index (χ3v) is 4.85. The van der Waals surface area contributed by atoms with Crippen LogP contribution in [0.5, 0.6) is 5.75 Å². The minimum Gasteiger partial charge on any atom is -0.496 e. The van der Waals surface area contributed by atoms with Crippen molar-refractivity contribution in [2.24, 2.45) is 0 Å². The standard InChI is InChI=1S/C22H22N2O/c1-15-8-10-17(11-9-15)12-13-24-22-19-7-5-4-6-18(19)21(25-3)14-20(22)16(2)23-24/h4-11,14H,12-13H2,1-3H3. The highest BCUT2D eigenvalue weighted by molar-refractivity contribution is 6.09. The first kappa shape index (κ1) is 15.7. The minimum atomic E-state index is 0.865. The number of benzene rings is 3. The molecule has 1 aromatic heterocycles. The van der Waals surface area contributed by atoms with Crippen LogP contribution in [-0.4, -0.2) is 16.9 Å². The molecule has 0 N–H and O–H groups in total. The number of ether oxygens (including phenoxy) is 1. The van der Waals surface area contributed by atoms with E-state index < -0.39 is 0 Å². The molecule has 0 saturated carbocycles. The molecule has 0 aliphatic rings. The number of methoxy groups -OCH3 is 1. The second kappa shape index (κ2) is 6.25. The first-order chi connectivity index (χ1) is 12.2. The summed E-state index contributed by atoms with van der Waals surface area (Å²) >= 11 is 0. The van der Waals surface area contributed by atoms with Gasteiger partial charge >= 0.3 is 0 Å². The van der Waals surface area contributed by atoms with Crippen molar-refractivity contribution in [1.82, 2.24) is 9.78 Å². The average molecular weight is 330 g/mol. The number of aromatic nitrogens is 2. The maximum Gasteiger partial charge on any atom is 0.127 e. The van der Waals surface area contributed by atoms with E-state index in [0.717, 1.165) is 29.8 Å². The van der Waals surface area contributed by atoms with Gasteiger partial charge < -0.3 is 4.74 Å². The summed E-state index contributed by atoms with van der Waals surface area (Å²) < 4.78 is 7.75. The molecule has 25 heavy (non-hydrogen) atoms. The van der Waals surface area contributed by atoms with Gasteiger partial charge in [-0.3, -0.25) is 4.68 Å². The number of aryl methyl sites for hydroxylation is 4. The van der Waals surface area contributed by atoms with Crippen LogP contribution >= 0.6 is 0 Å². The number of rotatable bonds is 4. The molecule has 0 bridgehead atoms. The number of nitrogens with zero attached hydrogens (tertiary/aromatic N) is 2. The quantitative estimate of drug-likeness (QED) is 0.523. The molecule has 3 nitrogen and oxygen atoms in total. The second-order valence-corrected chi connectivity index (χ2v) is 6.56. The van der Waals surface area contributed by atoms with Crippen molar-refractivity contribution >= 4 is 21.7 Å². The maximum absolute atomic E-state index is 5.60. The Hall–Kier alpha value is -2.81. The monoisotopic (exact) mass is 330 g/mol. The highest BCUT2D eigenvalue weighted by Gasteiger charge is 2.14. The van der Waals surface area contributed by atoms with Crippen LogP contribution in [0.25, 0.3) is 21.7 Å². The molecule has 0 saturated heterocycles. The smallest absolute Gasteiger partial charge is 0.127 e. The lowest BCUT2D eigenvalue weighted by atomic mass is 10.0. The summed E-state index contributed by atoms with van der Waals surface area (Å²) in [5, 5.41) is 8.30. The van der Waals surface area contributed by atoms with Gasteiger partial charge in [-0.2, -0.15) is 5.10 Å². The number of hydrogen-bond donors (Lipinski definition) is 0. The summed E-state index contributed by atoms with van der Waals surface area (Å²) in [5.41, 5.74) is 4.87. The van der Waals surface area contributed by atoms with Crippen molar-refractivity contribution in [3.8, 4) is 5.75 Å². The number of hydrogen-bond acceptors (Lipinski definition) is 2. The molecule has 3 aromatic carbocycles. The molecule has 0 amide bonds. The molecule has 126 valence electrons. The Morgan fingerprint density at radius 2 is 1.64 bits per heavy atom. The Morgan fingerprint density at radius 3 is 2.36 bits per heavy atom. The van der Waals surface area contributed by atoms with Gasteiger partial charge in [-0.25, -0.2) is 0 Å².